The van der Waals surface area contributed by atoms with Crippen LogP contribution in [0.3, 0.4) is 0 Å². The van der Waals surface area contributed by atoms with Crippen LogP contribution >= 0.6 is 0 Å². The largest absolute Gasteiger partial charge is 0.456 e. The van der Waals surface area contributed by atoms with Crippen molar-refractivity contribution < 1.29 is 38.5 Å². The topological polar surface area (TPSA) is 144 Å². The van der Waals surface area contributed by atoms with E-state index >= 15 is 0 Å². The van der Waals surface area contributed by atoms with Gasteiger partial charge in [0.15, 0.2) is 5.79 Å². The number of hydrogen-bond acceptors (Lipinski definition) is 8. The molecule has 51 heavy (non-hydrogen) atoms. The average Bonchev–Trinajstić information content (AvgIpc) is 3.50. The van der Waals surface area contributed by atoms with Crippen LogP contribution in [0.5, 0.6) is 0 Å². The summed E-state index contributed by atoms with van der Waals surface area (Å²) >= 11 is 0. The lowest BCUT2D eigenvalue weighted by atomic mass is 9.91. The first-order chi connectivity index (χ1) is 24.6. The second-order valence-corrected chi connectivity index (χ2v) is 13.3. The number of ether oxygens (including phenoxy) is 3. The molecular weight excluding hydrogens is 650 g/mol. The highest BCUT2D eigenvalue weighted by atomic mass is 16.8. The number of benzene rings is 2. The molecule has 3 atom stereocenters. The van der Waals surface area contributed by atoms with Gasteiger partial charge in [-0.25, -0.2) is 4.79 Å². The molecule has 0 saturated carbocycles. The summed E-state index contributed by atoms with van der Waals surface area (Å²) in [5, 5.41) is 14.6. The molecule has 4 rings (SSSR count). The number of fused-ring (bicyclic) bond motifs is 1. The molecule has 3 N–H and O–H groups in total. The van der Waals surface area contributed by atoms with E-state index in [9.17, 15) is 19.2 Å². The normalized spacial score (nSPS) is 19.2. The van der Waals surface area contributed by atoms with Gasteiger partial charge in [0.05, 0.1) is 12.2 Å². The first-order valence-corrected chi connectivity index (χ1v) is 18.1. The second-order valence-electron chi connectivity index (χ2n) is 13.3. The Labute approximate surface area is 301 Å². The quantitative estimate of drug-likeness (QED) is 0.108. The molecule has 0 bridgehead atoms. The van der Waals surface area contributed by atoms with Crippen LogP contribution in [-0.4, -0.2) is 85.0 Å². The van der Waals surface area contributed by atoms with Crippen LogP contribution < -0.4 is 10.6 Å². The maximum Gasteiger partial charge on any atom is 0.339 e. The summed E-state index contributed by atoms with van der Waals surface area (Å²) in [5.41, 5.74) is 2.37. The number of rotatable bonds is 18. The Balaban J connectivity index is 1.58. The smallest absolute Gasteiger partial charge is 0.339 e. The van der Waals surface area contributed by atoms with Crippen LogP contribution in [0.4, 0.5) is 0 Å². The van der Waals surface area contributed by atoms with Crippen molar-refractivity contribution in [2.45, 2.75) is 102 Å². The predicted octanol–water partition coefficient (Wildman–Crippen LogP) is 5.32. The van der Waals surface area contributed by atoms with Gasteiger partial charge in [0, 0.05) is 63.7 Å². The molecule has 2 aliphatic rings. The van der Waals surface area contributed by atoms with Crippen molar-refractivity contribution in [3.63, 3.8) is 0 Å². The maximum atomic E-state index is 13.8. The highest BCUT2D eigenvalue weighted by molar-refractivity contribution is 5.98. The number of hydrogen-bond donors (Lipinski definition) is 3. The summed E-state index contributed by atoms with van der Waals surface area (Å²) < 4.78 is 19.7. The van der Waals surface area contributed by atoms with Gasteiger partial charge in [-0.1, -0.05) is 69.9 Å². The molecule has 0 aromatic heterocycles. The molecule has 1 aliphatic carbocycles. The number of carbonyl (C=O) groups excluding carboxylic acids is 4. The van der Waals surface area contributed by atoms with Crippen molar-refractivity contribution in [2.75, 3.05) is 27.2 Å². The van der Waals surface area contributed by atoms with E-state index in [2.05, 4.69) is 24.5 Å². The predicted molar refractivity (Wildman–Crippen MR) is 195 cm³/mol. The number of aliphatic hydroxyl groups excluding tert-OH is 1. The van der Waals surface area contributed by atoms with E-state index in [-0.39, 0.29) is 49.4 Å². The molecule has 1 aliphatic heterocycles. The minimum Gasteiger partial charge on any atom is -0.456 e. The summed E-state index contributed by atoms with van der Waals surface area (Å²) in [7, 11) is 3.30. The van der Waals surface area contributed by atoms with Gasteiger partial charge in [-0.05, 0) is 54.3 Å². The Morgan fingerprint density at radius 3 is 2.35 bits per heavy atom. The molecular formula is C40H53N3O8. The number of nitrogens with one attached hydrogen (secondary N) is 2. The summed E-state index contributed by atoms with van der Waals surface area (Å²) in [6.45, 7) is 4.44. The van der Waals surface area contributed by atoms with E-state index in [0.29, 0.717) is 29.5 Å². The molecule has 0 radical (unpaired) electrons. The number of nitrogens with zero attached hydrogens (tertiary/aromatic N) is 1. The number of carbonyl (C=O) groups is 4. The van der Waals surface area contributed by atoms with Crippen LogP contribution in [0.25, 0.3) is 6.08 Å². The van der Waals surface area contributed by atoms with E-state index in [0.717, 1.165) is 44.1 Å². The van der Waals surface area contributed by atoms with Crippen molar-refractivity contribution in [1.82, 2.24) is 15.5 Å². The van der Waals surface area contributed by atoms with Crippen molar-refractivity contribution in [1.29, 1.82) is 0 Å². The van der Waals surface area contributed by atoms with E-state index in [1.807, 2.05) is 6.07 Å². The minimum atomic E-state index is -0.850. The standard InChI is InChI=1S/C40H53N3O8/c1-5-7-11-20-40(21-12-8-6-2)50-34-26-31(38(47)42-27-28-14-13-16-30(24-28)37(46)41-22-23-44)25-33(36(34)51-40)49-39(48)32-17-10-9-15-29(32)18-19-35(45)43(3)4/h9-10,13-19,24,26,33-34,36,44H,5-8,11-12,20-23,25,27H2,1-4H3,(H,41,46)(H,42,47). The highest BCUT2D eigenvalue weighted by Crippen LogP contribution is 2.43. The number of amides is 3. The van der Waals surface area contributed by atoms with Crippen LogP contribution in [0, 0.1) is 0 Å². The molecule has 11 heteroatoms. The van der Waals surface area contributed by atoms with Crippen molar-refractivity contribution in [3.05, 3.63) is 88.5 Å². The fourth-order valence-electron chi connectivity index (χ4n) is 6.33. The molecule has 1 heterocycles. The fourth-order valence-corrected chi connectivity index (χ4v) is 6.33. The van der Waals surface area contributed by atoms with E-state index in [1.54, 1.807) is 68.7 Å². The number of esters is 1. The number of aliphatic hydroxyl groups is 1. The second kappa shape index (κ2) is 19.3. The molecule has 1 saturated heterocycles. The third-order valence-electron chi connectivity index (χ3n) is 9.12. The highest BCUT2D eigenvalue weighted by Gasteiger charge is 2.52. The fraction of sp³-hybridized carbons (Fsp3) is 0.500. The Morgan fingerprint density at radius 2 is 1.67 bits per heavy atom. The molecule has 0 spiro atoms. The Kier molecular flexibility index (Phi) is 15.0. The van der Waals surface area contributed by atoms with Gasteiger partial charge in [-0.3, -0.25) is 14.4 Å². The molecule has 1 fully saturated rings. The first kappa shape index (κ1) is 39.5. The lowest BCUT2D eigenvalue weighted by Crippen LogP contribution is -2.43. The van der Waals surface area contributed by atoms with E-state index in [1.165, 1.54) is 11.0 Å². The Hall–Kier alpha value is -4.32. The zero-order chi connectivity index (χ0) is 36.8. The van der Waals surface area contributed by atoms with Crippen LogP contribution in [0.1, 0.15) is 103 Å². The third kappa shape index (κ3) is 11.1. The van der Waals surface area contributed by atoms with Crippen molar-refractivity contribution in [2.24, 2.45) is 0 Å². The molecule has 3 unspecified atom stereocenters. The summed E-state index contributed by atoms with van der Waals surface area (Å²) in [4.78, 5) is 53.6. The third-order valence-corrected chi connectivity index (χ3v) is 9.12. The molecule has 3 amide bonds. The lowest BCUT2D eigenvalue weighted by Gasteiger charge is -2.31. The Bertz CT molecular complexity index is 1560. The minimum absolute atomic E-state index is 0.114. The van der Waals surface area contributed by atoms with Crippen molar-refractivity contribution in [3.8, 4) is 0 Å². The molecule has 2 aromatic carbocycles. The van der Waals surface area contributed by atoms with E-state index < -0.39 is 30.1 Å². The average molecular weight is 704 g/mol. The zero-order valence-corrected chi connectivity index (χ0v) is 30.3. The summed E-state index contributed by atoms with van der Waals surface area (Å²) in [6.07, 6.45) is 10.3. The van der Waals surface area contributed by atoms with Crippen LogP contribution in [-0.2, 0) is 30.3 Å². The van der Waals surface area contributed by atoms with E-state index in [4.69, 9.17) is 19.3 Å². The zero-order valence-electron chi connectivity index (χ0n) is 30.3. The number of likely N-dealkylation sites (N-methyl/N-ethyl adjacent to an activating group) is 1. The molecule has 2 aromatic rings. The number of unbranched alkanes of at least 4 members (excludes halogenated alkanes) is 4. The van der Waals surface area contributed by atoms with Gasteiger partial charge in [-0.2, -0.15) is 0 Å². The Morgan fingerprint density at radius 1 is 0.941 bits per heavy atom. The SMILES string of the molecule is CCCCCC1(CCCCC)OC2C=C(C(=O)NCc3cccc(C(=O)NCCO)c3)CC(OC(=O)c3ccccc3C=CC(=O)N(C)C)C2O1. The summed E-state index contributed by atoms with van der Waals surface area (Å²) in [5.74, 6) is -2.31. The van der Waals surface area contributed by atoms with Crippen molar-refractivity contribution >= 4 is 29.8 Å². The van der Waals surface area contributed by atoms with Gasteiger partial charge in [0.25, 0.3) is 5.91 Å². The lowest BCUT2D eigenvalue weighted by molar-refractivity contribution is -0.190. The first-order valence-electron chi connectivity index (χ1n) is 18.1. The maximum absolute atomic E-state index is 13.8. The van der Waals surface area contributed by atoms with Gasteiger partial charge < -0.3 is 34.9 Å². The van der Waals surface area contributed by atoms with Gasteiger partial charge in [0.1, 0.15) is 18.3 Å². The van der Waals surface area contributed by atoms with Crippen LogP contribution in [0.15, 0.2) is 66.3 Å². The van der Waals surface area contributed by atoms with Gasteiger partial charge >= 0.3 is 5.97 Å². The molecule has 11 nitrogen and oxygen atoms in total. The summed E-state index contributed by atoms with van der Waals surface area (Å²) in [6, 6.07) is 13.8. The molecule has 276 valence electrons. The van der Waals surface area contributed by atoms with Gasteiger partial charge in [0.2, 0.25) is 11.8 Å². The van der Waals surface area contributed by atoms with Crippen LogP contribution in [0.2, 0.25) is 0 Å². The monoisotopic (exact) mass is 703 g/mol. The van der Waals surface area contributed by atoms with Gasteiger partial charge in [-0.15, -0.1) is 0 Å².